The molecular weight excluding hydrogens is 693 g/mol. The van der Waals surface area contributed by atoms with Gasteiger partial charge in [0.25, 0.3) is 0 Å². The fourth-order valence-electron chi connectivity index (χ4n) is 4.97. The smallest absolute Gasteiger partial charge is 1.00 e. The number of allylic oxidation sites excluding steroid dienone is 1. The standard InChI is InChI=1S/C36H47N3.2BrH.Co/c1-12-15-28-20-31(24(6)7)36(32(21-28)25(8)9)38-27(11)34-19-14-18-33(39-34)26(10)37-35-29(22(2)3)16-13-17-30(35)23(4)5;;;/h12-14,16-25H,1,15H2,2-11H3;2*1H;/q;;;+2/p-2. The Morgan fingerprint density at radius 3 is 1.38 bits per heavy atom. The Balaban J connectivity index is 0.00000560. The van der Waals surface area contributed by atoms with E-state index in [1.54, 1.807) is 0 Å². The van der Waals surface area contributed by atoms with E-state index in [1.165, 1.54) is 27.8 Å². The molecule has 0 saturated heterocycles. The number of hydrogen-bond donors (Lipinski definition) is 0. The number of para-hydroxylation sites is 1. The van der Waals surface area contributed by atoms with Crippen LogP contribution in [-0.2, 0) is 23.2 Å². The molecule has 2 aromatic carbocycles. The third-order valence-electron chi connectivity index (χ3n) is 7.24. The van der Waals surface area contributed by atoms with Crippen molar-refractivity contribution >= 4 is 22.8 Å². The van der Waals surface area contributed by atoms with Crippen LogP contribution < -0.4 is 34.0 Å². The maximum atomic E-state index is 5.22. The Morgan fingerprint density at radius 2 is 1.02 bits per heavy atom. The predicted octanol–water partition coefficient (Wildman–Crippen LogP) is 4.59. The van der Waals surface area contributed by atoms with E-state index in [1.807, 2.05) is 18.2 Å². The van der Waals surface area contributed by atoms with Crippen molar-refractivity contribution in [1.29, 1.82) is 0 Å². The van der Waals surface area contributed by atoms with Gasteiger partial charge in [0.15, 0.2) is 0 Å². The van der Waals surface area contributed by atoms with Crippen molar-refractivity contribution in [2.45, 2.75) is 99.3 Å². The first-order chi connectivity index (χ1) is 18.4. The van der Waals surface area contributed by atoms with Crippen molar-refractivity contribution in [2.24, 2.45) is 9.98 Å². The van der Waals surface area contributed by atoms with Gasteiger partial charge in [-0.2, -0.15) is 0 Å². The van der Waals surface area contributed by atoms with Crippen LogP contribution in [0.2, 0.25) is 0 Å². The molecule has 0 aliphatic rings. The number of aromatic nitrogens is 1. The SMILES string of the molecule is C=CCc1cc(C(C)C)c(N=C(C)c2cccc(C(C)=Nc3c(C(C)C)cccc3C(C)C)n2)c(C(C)C)c1.[Br-].[Br-].[Co+2]. The quantitative estimate of drug-likeness (QED) is 0.222. The van der Waals surface area contributed by atoms with E-state index < -0.39 is 0 Å². The van der Waals surface area contributed by atoms with Crippen LogP contribution in [0.15, 0.2) is 71.2 Å². The van der Waals surface area contributed by atoms with Gasteiger partial charge in [-0.1, -0.05) is 97.9 Å². The van der Waals surface area contributed by atoms with Crippen molar-refractivity contribution in [1.82, 2.24) is 4.98 Å². The maximum absolute atomic E-state index is 5.22. The molecule has 3 rings (SSSR count). The Hall–Kier alpha value is -1.86. The summed E-state index contributed by atoms with van der Waals surface area (Å²) in [5.74, 6) is 1.52. The molecule has 0 unspecified atom stereocenters. The molecule has 0 saturated carbocycles. The van der Waals surface area contributed by atoms with E-state index in [9.17, 15) is 0 Å². The minimum absolute atomic E-state index is 0. The summed E-state index contributed by atoms with van der Waals surface area (Å²) in [6.45, 7) is 26.0. The van der Waals surface area contributed by atoms with E-state index in [0.717, 1.165) is 40.6 Å². The van der Waals surface area contributed by atoms with Crippen LogP contribution in [0.1, 0.15) is 132 Å². The molecule has 0 fully saturated rings. The molecule has 1 heterocycles. The maximum Gasteiger partial charge on any atom is 2.00 e. The average Bonchev–Trinajstić information content (AvgIpc) is 2.88. The summed E-state index contributed by atoms with van der Waals surface area (Å²) in [7, 11) is 0. The number of aliphatic imine (C=N–C) groups is 2. The Labute approximate surface area is 286 Å². The van der Waals surface area contributed by atoms with Gasteiger partial charge in [-0.25, -0.2) is 4.98 Å². The second kappa shape index (κ2) is 18.1. The van der Waals surface area contributed by atoms with Gasteiger partial charge in [0, 0.05) is 0 Å². The minimum Gasteiger partial charge on any atom is -1.00 e. The second-order valence-electron chi connectivity index (χ2n) is 11.8. The van der Waals surface area contributed by atoms with E-state index in [-0.39, 0.29) is 50.7 Å². The molecular formula is C36H47Br2CoN3. The zero-order valence-corrected chi connectivity index (χ0v) is 31.1. The third-order valence-corrected chi connectivity index (χ3v) is 7.24. The fourth-order valence-corrected chi connectivity index (χ4v) is 4.97. The Morgan fingerprint density at radius 1 is 0.667 bits per heavy atom. The van der Waals surface area contributed by atoms with Crippen LogP contribution in [0.25, 0.3) is 0 Å². The van der Waals surface area contributed by atoms with Crippen molar-refractivity contribution in [3.8, 4) is 0 Å². The van der Waals surface area contributed by atoms with Crippen LogP contribution in [0, 0.1) is 0 Å². The summed E-state index contributed by atoms with van der Waals surface area (Å²) < 4.78 is 0. The van der Waals surface area contributed by atoms with Gasteiger partial charge in [-0.3, -0.25) is 9.98 Å². The molecule has 1 radical (unpaired) electrons. The number of nitrogens with zero attached hydrogens (tertiary/aromatic N) is 3. The molecule has 3 nitrogen and oxygen atoms in total. The molecule has 42 heavy (non-hydrogen) atoms. The number of benzene rings is 2. The fraction of sp³-hybridized carbons (Fsp3) is 0.417. The first kappa shape index (κ1) is 40.1. The van der Waals surface area contributed by atoms with E-state index in [4.69, 9.17) is 15.0 Å². The monoisotopic (exact) mass is 738 g/mol. The molecule has 229 valence electrons. The van der Waals surface area contributed by atoms with Gasteiger partial charge < -0.3 is 34.0 Å². The summed E-state index contributed by atoms with van der Waals surface area (Å²) in [5, 5.41) is 0. The zero-order chi connectivity index (χ0) is 28.9. The van der Waals surface area contributed by atoms with Crippen molar-refractivity contribution < 1.29 is 50.7 Å². The number of hydrogen-bond acceptors (Lipinski definition) is 3. The van der Waals surface area contributed by atoms with Gasteiger partial charge in [0.2, 0.25) is 0 Å². The minimum atomic E-state index is 0. The number of halogens is 2. The molecule has 0 amide bonds. The number of pyridine rings is 1. The second-order valence-corrected chi connectivity index (χ2v) is 11.8. The third kappa shape index (κ3) is 9.83. The summed E-state index contributed by atoms with van der Waals surface area (Å²) in [6, 6.07) is 17.3. The Bertz CT molecular complexity index is 1330. The Kier molecular flexibility index (Phi) is 17.3. The van der Waals surface area contributed by atoms with E-state index in [0.29, 0.717) is 23.7 Å². The molecule has 0 aliphatic heterocycles. The van der Waals surface area contributed by atoms with Crippen LogP contribution >= 0.6 is 0 Å². The van der Waals surface area contributed by atoms with Gasteiger partial charge in [0.05, 0.1) is 34.2 Å². The zero-order valence-electron chi connectivity index (χ0n) is 26.9. The van der Waals surface area contributed by atoms with E-state index in [2.05, 4.69) is 112 Å². The molecule has 0 spiro atoms. The molecule has 0 aliphatic carbocycles. The van der Waals surface area contributed by atoms with Crippen molar-refractivity contribution in [2.75, 3.05) is 0 Å². The van der Waals surface area contributed by atoms with Gasteiger partial charge in [0.1, 0.15) is 0 Å². The van der Waals surface area contributed by atoms with Gasteiger partial charge >= 0.3 is 16.8 Å². The summed E-state index contributed by atoms with van der Waals surface area (Å²) in [6.07, 6.45) is 2.84. The van der Waals surface area contributed by atoms with Crippen LogP contribution in [0.5, 0.6) is 0 Å². The molecule has 0 atom stereocenters. The predicted molar refractivity (Wildman–Crippen MR) is 171 cm³/mol. The normalized spacial score (nSPS) is 11.9. The van der Waals surface area contributed by atoms with Crippen LogP contribution in [-0.4, -0.2) is 16.4 Å². The summed E-state index contributed by atoms with van der Waals surface area (Å²) >= 11 is 0. The summed E-state index contributed by atoms with van der Waals surface area (Å²) in [5.41, 5.74) is 12.1. The van der Waals surface area contributed by atoms with Crippen molar-refractivity contribution in [3.05, 3.63) is 100 Å². The molecule has 3 aromatic rings. The number of rotatable bonds is 10. The van der Waals surface area contributed by atoms with Gasteiger partial charge in [-0.15, -0.1) is 6.58 Å². The van der Waals surface area contributed by atoms with Crippen LogP contribution in [0.3, 0.4) is 0 Å². The first-order valence-electron chi connectivity index (χ1n) is 14.4. The van der Waals surface area contributed by atoms with Crippen LogP contribution in [0.4, 0.5) is 11.4 Å². The van der Waals surface area contributed by atoms with Gasteiger partial charge in [-0.05, 0) is 83.9 Å². The topological polar surface area (TPSA) is 37.6 Å². The molecule has 0 N–H and O–H groups in total. The van der Waals surface area contributed by atoms with E-state index >= 15 is 0 Å². The molecule has 0 bridgehead atoms. The molecule has 6 heteroatoms. The summed E-state index contributed by atoms with van der Waals surface area (Å²) in [4.78, 5) is 15.4. The first-order valence-corrected chi connectivity index (χ1v) is 14.4. The van der Waals surface area contributed by atoms with Crippen molar-refractivity contribution in [3.63, 3.8) is 0 Å². The largest absolute Gasteiger partial charge is 2.00 e. The average molecular weight is 741 g/mol. The molecule has 1 aromatic heterocycles.